The molecule has 1 amide bonds. The van der Waals surface area contributed by atoms with Gasteiger partial charge in [-0.2, -0.15) is 18.4 Å². The number of rotatable bonds is 4. The van der Waals surface area contributed by atoms with Crippen molar-refractivity contribution < 1.29 is 18.0 Å². The van der Waals surface area contributed by atoms with Gasteiger partial charge in [-0.05, 0) is 11.6 Å². The van der Waals surface area contributed by atoms with Crippen molar-refractivity contribution in [3.05, 3.63) is 46.5 Å². The summed E-state index contributed by atoms with van der Waals surface area (Å²) in [6, 6.07) is 6.78. The number of benzene rings is 1. The van der Waals surface area contributed by atoms with Crippen LogP contribution in [-0.4, -0.2) is 10.9 Å². The molecule has 0 fully saturated rings. The minimum Gasteiger partial charge on any atom is -0.301 e. The summed E-state index contributed by atoms with van der Waals surface area (Å²) in [5.74, 6) is -0.470. The van der Waals surface area contributed by atoms with Gasteiger partial charge < -0.3 is 5.32 Å². The first-order valence-corrected chi connectivity index (χ1v) is 6.98. The molecule has 0 saturated heterocycles. The van der Waals surface area contributed by atoms with Crippen LogP contribution < -0.4 is 5.32 Å². The Morgan fingerprint density at radius 1 is 1.41 bits per heavy atom. The number of thiazole rings is 1. The average Bonchev–Trinajstić information content (AvgIpc) is 2.85. The van der Waals surface area contributed by atoms with E-state index in [0.29, 0.717) is 15.6 Å². The van der Waals surface area contributed by atoms with Gasteiger partial charge in [0.1, 0.15) is 6.42 Å². The molecular weight excluding hydrogens is 315 g/mol. The second-order valence-electron chi connectivity index (χ2n) is 4.39. The van der Waals surface area contributed by atoms with Crippen molar-refractivity contribution in [2.75, 3.05) is 5.32 Å². The number of nitrogens with one attached hydrogen (secondary N) is 1. The molecule has 22 heavy (non-hydrogen) atoms. The first-order chi connectivity index (χ1) is 10.4. The highest BCUT2D eigenvalue weighted by Gasteiger charge is 2.30. The number of halogens is 3. The fraction of sp³-hybridized carbons (Fsp3) is 0.214. The van der Waals surface area contributed by atoms with Gasteiger partial charge in [-0.15, -0.1) is 11.3 Å². The number of nitriles is 1. The van der Waals surface area contributed by atoms with Crippen LogP contribution in [0.25, 0.3) is 0 Å². The molecule has 0 aliphatic rings. The van der Waals surface area contributed by atoms with Crippen molar-refractivity contribution in [3.8, 4) is 6.07 Å². The first-order valence-electron chi connectivity index (χ1n) is 6.16. The molecule has 1 N–H and O–H groups in total. The quantitative estimate of drug-likeness (QED) is 0.934. The van der Waals surface area contributed by atoms with Crippen molar-refractivity contribution in [2.45, 2.75) is 19.0 Å². The van der Waals surface area contributed by atoms with Crippen LogP contribution in [0.4, 0.5) is 18.3 Å². The molecule has 1 aromatic heterocycles. The summed E-state index contributed by atoms with van der Waals surface area (Å²) in [5.41, 5.74) is -0.189. The number of hydrogen-bond donors (Lipinski definition) is 1. The number of nitrogens with zero attached hydrogens (tertiary/aromatic N) is 2. The second-order valence-corrected chi connectivity index (χ2v) is 5.50. The number of anilines is 1. The Balaban J connectivity index is 2.07. The molecule has 2 aromatic rings. The normalized spacial score (nSPS) is 11.0. The molecule has 0 aliphatic carbocycles. The fourth-order valence-corrected chi connectivity index (χ4v) is 2.60. The van der Waals surface area contributed by atoms with Crippen LogP contribution in [0.15, 0.2) is 30.5 Å². The summed E-state index contributed by atoms with van der Waals surface area (Å²) >= 11 is 1.16. The predicted molar refractivity (Wildman–Crippen MR) is 75.2 cm³/mol. The van der Waals surface area contributed by atoms with Crippen LogP contribution in [0.1, 0.15) is 22.4 Å². The summed E-state index contributed by atoms with van der Waals surface area (Å²) in [6.45, 7) is 0. The fourth-order valence-electron chi connectivity index (χ4n) is 1.74. The van der Waals surface area contributed by atoms with Gasteiger partial charge in [0.15, 0.2) is 5.13 Å². The topological polar surface area (TPSA) is 65.8 Å². The molecule has 0 radical (unpaired) electrons. The van der Waals surface area contributed by atoms with Gasteiger partial charge >= 0.3 is 6.18 Å². The number of carbonyl (C=O) groups is 1. The number of amides is 1. The van der Waals surface area contributed by atoms with E-state index in [1.165, 1.54) is 12.3 Å². The van der Waals surface area contributed by atoms with Crippen molar-refractivity contribution in [3.63, 3.8) is 0 Å². The van der Waals surface area contributed by atoms with Gasteiger partial charge in [0.2, 0.25) is 5.91 Å². The molecule has 0 aliphatic heterocycles. The number of aromatic nitrogens is 1. The van der Waals surface area contributed by atoms with Gasteiger partial charge in [0, 0.05) is 17.5 Å². The van der Waals surface area contributed by atoms with E-state index in [9.17, 15) is 18.0 Å². The Bertz CT molecular complexity index is 719. The largest absolute Gasteiger partial charge is 0.416 e. The minimum absolute atomic E-state index is 0.275. The SMILES string of the molecule is N#CCC(=O)Nc1ncc(Cc2cccc(C(F)(F)F)c2)s1. The maximum Gasteiger partial charge on any atom is 0.416 e. The van der Waals surface area contributed by atoms with E-state index in [4.69, 9.17) is 5.26 Å². The second kappa shape index (κ2) is 6.58. The Kier molecular flexibility index (Phi) is 4.78. The lowest BCUT2D eigenvalue weighted by atomic mass is 10.1. The molecular formula is C14H10F3N3OS. The van der Waals surface area contributed by atoms with Gasteiger partial charge in [0.25, 0.3) is 0 Å². The lowest BCUT2D eigenvalue weighted by Gasteiger charge is -2.07. The van der Waals surface area contributed by atoms with Gasteiger partial charge in [-0.25, -0.2) is 4.98 Å². The van der Waals surface area contributed by atoms with E-state index in [1.54, 1.807) is 12.1 Å². The summed E-state index contributed by atoms with van der Waals surface area (Å²) in [4.78, 5) is 15.9. The Morgan fingerprint density at radius 3 is 2.86 bits per heavy atom. The zero-order valence-electron chi connectivity index (χ0n) is 11.1. The number of hydrogen-bond acceptors (Lipinski definition) is 4. The van der Waals surface area contributed by atoms with E-state index < -0.39 is 17.6 Å². The van der Waals surface area contributed by atoms with E-state index in [-0.39, 0.29) is 12.8 Å². The van der Waals surface area contributed by atoms with Crippen LogP contribution in [0, 0.1) is 11.3 Å². The molecule has 1 aromatic carbocycles. The standard InChI is InChI=1S/C14H10F3N3OS/c15-14(16,17)10-3-1-2-9(6-10)7-11-8-19-13(22-11)20-12(21)4-5-18/h1-3,6,8H,4,7H2,(H,19,20,21). The van der Waals surface area contributed by atoms with E-state index >= 15 is 0 Å². The number of carbonyl (C=O) groups excluding carboxylic acids is 1. The van der Waals surface area contributed by atoms with E-state index in [1.807, 2.05) is 0 Å². The molecule has 114 valence electrons. The lowest BCUT2D eigenvalue weighted by molar-refractivity contribution is -0.137. The molecule has 0 bridgehead atoms. The third kappa shape index (κ3) is 4.30. The minimum atomic E-state index is -4.37. The lowest BCUT2D eigenvalue weighted by Crippen LogP contribution is -2.09. The van der Waals surface area contributed by atoms with Crippen molar-refractivity contribution in [1.82, 2.24) is 4.98 Å². The molecule has 0 unspecified atom stereocenters. The van der Waals surface area contributed by atoms with E-state index in [2.05, 4.69) is 10.3 Å². The molecule has 2 rings (SSSR count). The Hall–Kier alpha value is -2.40. The maximum absolute atomic E-state index is 12.6. The van der Waals surface area contributed by atoms with Crippen LogP contribution in [-0.2, 0) is 17.4 Å². The Labute approximate surface area is 128 Å². The van der Waals surface area contributed by atoms with Gasteiger partial charge in [-0.1, -0.05) is 18.2 Å². The predicted octanol–water partition coefficient (Wildman–Crippen LogP) is 3.60. The smallest absolute Gasteiger partial charge is 0.301 e. The van der Waals surface area contributed by atoms with Crippen molar-refractivity contribution in [1.29, 1.82) is 5.26 Å². The van der Waals surface area contributed by atoms with Gasteiger partial charge in [0.05, 0.1) is 11.6 Å². The third-order valence-electron chi connectivity index (χ3n) is 2.67. The number of alkyl halides is 3. The van der Waals surface area contributed by atoms with Crippen LogP contribution >= 0.6 is 11.3 Å². The van der Waals surface area contributed by atoms with Crippen molar-refractivity contribution in [2.24, 2.45) is 0 Å². The van der Waals surface area contributed by atoms with Crippen molar-refractivity contribution >= 4 is 22.4 Å². The van der Waals surface area contributed by atoms with Crippen LogP contribution in [0.3, 0.4) is 0 Å². The third-order valence-corrected chi connectivity index (χ3v) is 3.58. The summed E-state index contributed by atoms with van der Waals surface area (Å²) < 4.78 is 37.9. The highest BCUT2D eigenvalue weighted by molar-refractivity contribution is 7.15. The Morgan fingerprint density at radius 2 is 2.18 bits per heavy atom. The highest BCUT2D eigenvalue weighted by Crippen LogP contribution is 2.30. The zero-order chi connectivity index (χ0) is 16.2. The molecule has 0 spiro atoms. The van der Waals surface area contributed by atoms with Gasteiger partial charge in [-0.3, -0.25) is 4.79 Å². The zero-order valence-corrected chi connectivity index (χ0v) is 12.0. The van der Waals surface area contributed by atoms with Crippen LogP contribution in [0.5, 0.6) is 0 Å². The molecule has 4 nitrogen and oxygen atoms in total. The maximum atomic E-state index is 12.6. The summed E-state index contributed by atoms with van der Waals surface area (Å²) in [5, 5.41) is 11.2. The van der Waals surface area contributed by atoms with E-state index in [0.717, 1.165) is 23.5 Å². The highest BCUT2D eigenvalue weighted by atomic mass is 32.1. The first kappa shape index (κ1) is 16.0. The monoisotopic (exact) mass is 325 g/mol. The molecule has 1 heterocycles. The molecule has 8 heteroatoms. The summed E-state index contributed by atoms with van der Waals surface area (Å²) in [7, 11) is 0. The summed E-state index contributed by atoms with van der Waals surface area (Å²) in [6.07, 6.45) is -2.87. The average molecular weight is 325 g/mol. The molecule has 0 atom stereocenters. The molecule has 0 saturated carbocycles. The van der Waals surface area contributed by atoms with Crippen LogP contribution in [0.2, 0.25) is 0 Å².